The van der Waals surface area contributed by atoms with Gasteiger partial charge in [-0.25, -0.2) is 0 Å². The lowest BCUT2D eigenvalue weighted by Gasteiger charge is -2.27. The fourth-order valence-corrected chi connectivity index (χ4v) is 4.51. The van der Waals surface area contributed by atoms with E-state index in [-0.39, 0.29) is 17.1 Å². The number of rotatable bonds is 7. The molecular formula is C26H30N2O5. The minimum atomic E-state index is -0.623. The van der Waals surface area contributed by atoms with Crippen LogP contribution in [0.25, 0.3) is 11.0 Å². The lowest BCUT2D eigenvalue weighted by Crippen LogP contribution is -2.32. The molecular weight excluding hydrogens is 420 g/mol. The number of para-hydroxylation sites is 1. The van der Waals surface area contributed by atoms with Crippen LogP contribution in [0.5, 0.6) is 11.5 Å². The molecule has 3 aromatic rings. The van der Waals surface area contributed by atoms with Gasteiger partial charge in [0.1, 0.15) is 5.58 Å². The first kappa shape index (κ1) is 22.9. The van der Waals surface area contributed by atoms with Gasteiger partial charge in [-0.1, -0.05) is 12.1 Å². The summed E-state index contributed by atoms with van der Waals surface area (Å²) in [6, 6.07) is 8.56. The Morgan fingerprint density at radius 2 is 1.79 bits per heavy atom. The maximum absolute atomic E-state index is 13.8. The summed E-state index contributed by atoms with van der Waals surface area (Å²) >= 11 is 0. The Kier molecular flexibility index (Phi) is 6.17. The number of benzene rings is 2. The van der Waals surface area contributed by atoms with Gasteiger partial charge >= 0.3 is 0 Å². The first-order chi connectivity index (χ1) is 15.8. The molecule has 1 aliphatic rings. The Morgan fingerprint density at radius 3 is 2.45 bits per heavy atom. The fourth-order valence-electron chi connectivity index (χ4n) is 4.51. The Morgan fingerprint density at radius 1 is 1.06 bits per heavy atom. The number of carbonyl (C=O) groups excluding carboxylic acids is 1. The molecule has 1 amide bonds. The Hall–Kier alpha value is -3.32. The van der Waals surface area contributed by atoms with Gasteiger partial charge in [0.15, 0.2) is 16.9 Å². The molecule has 0 fully saturated rings. The van der Waals surface area contributed by atoms with Gasteiger partial charge < -0.3 is 23.7 Å². The molecule has 2 aromatic carbocycles. The maximum Gasteiger partial charge on any atom is 0.290 e. The Labute approximate surface area is 193 Å². The number of nitrogens with zero attached hydrogens (tertiary/aromatic N) is 2. The molecule has 1 aromatic heterocycles. The van der Waals surface area contributed by atoms with Gasteiger partial charge in [-0.2, -0.15) is 0 Å². The van der Waals surface area contributed by atoms with E-state index < -0.39 is 6.04 Å². The van der Waals surface area contributed by atoms with E-state index in [2.05, 4.69) is 4.90 Å². The molecule has 0 radical (unpaired) electrons. The van der Waals surface area contributed by atoms with E-state index in [1.165, 1.54) is 0 Å². The second-order valence-electron chi connectivity index (χ2n) is 8.75. The first-order valence-electron chi connectivity index (χ1n) is 11.0. The summed E-state index contributed by atoms with van der Waals surface area (Å²) in [5, 5.41) is 0.478. The van der Waals surface area contributed by atoms with Gasteiger partial charge in [-0.3, -0.25) is 9.59 Å². The zero-order chi connectivity index (χ0) is 23.9. The summed E-state index contributed by atoms with van der Waals surface area (Å²) in [5.74, 6) is 0.870. The van der Waals surface area contributed by atoms with Crippen LogP contribution >= 0.6 is 0 Å². The minimum Gasteiger partial charge on any atom is -0.493 e. The number of fused-ring (bicyclic) bond motifs is 2. The highest BCUT2D eigenvalue weighted by Crippen LogP contribution is 2.44. The van der Waals surface area contributed by atoms with Crippen molar-refractivity contribution in [2.24, 2.45) is 0 Å². The van der Waals surface area contributed by atoms with Crippen LogP contribution < -0.4 is 14.9 Å². The van der Waals surface area contributed by atoms with Crippen LogP contribution in [0.4, 0.5) is 0 Å². The molecule has 174 valence electrons. The van der Waals surface area contributed by atoms with Crippen molar-refractivity contribution < 1.29 is 18.7 Å². The van der Waals surface area contributed by atoms with Crippen molar-refractivity contribution in [2.75, 3.05) is 41.4 Å². The number of carbonyl (C=O) groups is 1. The molecule has 0 spiro atoms. The summed E-state index contributed by atoms with van der Waals surface area (Å²) in [6.45, 7) is 5.20. The highest BCUT2D eigenvalue weighted by Gasteiger charge is 2.44. The number of hydrogen-bond donors (Lipinski definition) is 0. The van der Waals surface area contributed by atoms with Gasteiger partial charge in [-0.05, 0) is 70.2 Å². The molecule has 7 heteroatoms. The van der Waals surface area contributed by atoms with Crippen molar-refractivity contribution in [1.29, 1.82) is 0 Å². The quantitative estimate of drug-likeness (QED) is 0.543. The van der Waals surface area contributed by atoms with Crippen LogP contribution in [0.1, 0.15) is 45.3 Å². The van der Waals surface area contributed by atoms with Crippen molar-refractivity contribution in [3.8, 4) is 11.5 Å². The number of hydrogen-bond acceptors (Lipinski definition) is 6. The average Bonchev–Trinajstić information content (AvgIpc) is 3.06. The number of amides is 1. The van der Waals surface area contributed by atoms with E-state index >= 15 is 0 Å². The fraction of sp³-hybridized carbons (Fsp3) is 0.385. The SMILES string of the molecule is COc1cccc(C2c3c(oc4cc(C)c(C)cc4c3=O)C(=O)N2CCCN(C)C)c1OC. The highest BCUT2D eigenvalue weighted by molar-refractivity contribution is 5.99. The van der Waals surface area contributed by atoms with Crippen LogP contribution in [0.15, 0.2) is 39.5 Å². The van der Waals surface area contributed by atoms with Gasteiger partial charge in [0, 0.05) is 12.1 Å². The molecule has 7 nitrogen and oxygen atoms in total. The smallest absolute Gasteiger partial charge is 0.290 e. The second-order valence-corrected chi connectivity index (χ2v) is 8.75. The largest absolute Gasteiger partial charge is 0.493 e. The second kappa shape index (κ2) is 8.90. The first-order valence-corrected chi connectivity index (χ1v) is 11.0. The van der Waals surface area contributed by atoms with Gasteiger partial charge in [0.25, 0.3) is 5.91 Å². The molecule has 1 aliphatic heterocycles. The van der Waals surface area contributed by atoms with Crippen LogP contribution in [0.3, 0.4) is 0 Å². The van der Waals surface area contributed by atoms with Crippen molar-refractivity contribution in [3.63, 3.8) is 0 Å². The Bertz CT molecular complexity index is 1280. The van der Waals surface area contributed by atoms with Crippen LogP contribution in [-0.4, -0.2) is 57.1 Å². The van der Waals surface area contributed by atoms with Crippen LogP contribution in [0.2, 0.25) is 0 Å². The molecule has 2 heterocycles. The summed E-state index contributed by atoms with van der Waals surface area (Å²) in [4.78, 5) is 31.1. The maximum atomic E-state index is 13.8. The minimum absolute atomic E-state index is 0.107. The molecule has 0 saturated heterocycles. The van der Waals surface area contributed by atoms with Crippen molar-refractivity contribution in [2.45, 2.75) is 26.3 Å². The molecule has 0 bridgehead atoms. The third kappa shape index (κ3) is 3.86. The predicted octanol–water partition coefficient (Wildman–Crippen LogP) is 3.92. The third-order valence-corrected chi connectivity index (χ3v) is 6.31. The standard InChI is InChI=1S/C26H30N2O5/c1-15-13-18-20(14-16(15)2)33-25-21(23(18)29)22(28(26(25)30)12-8-11-27(3)4)17-9-7-10-19(31-5)24(17)32-6/h7,9-10,13-14,22H,8,11-12H2,1-6H3. The number of aryl methyl sites for hydroxylation is 2. The zero-order valence-corrected chi connectivity index (χ0v) is 20.0. The average molecular weight is 451 g/mol. The summed E-state index contributed by atoms with van der Waals surface area (Å²) in [7, 11) is 7.11. The lowest BCUT2D eigenvalue weighted by molar-refractivity contribution is 0.0720. The molecule has 0 N–H and O–H groups in total. The van der Waals surface area contributed by atoms with E-state index in [1.807, 2.05) is 52.2 Å². The summed E-state index contributed by atoms with van der Waals surface area (Å²) in [6.07, 6.45) is 0.751. The van der Waals surface area contributed by atoms with Gasteiger partial charge in [0.05, 0.1) is 31.2 Å². The topological polar surface area (TPSA) is 72.2 Å². The third-order valence-electron chi connectivity index (χ3n) is 6.31. The predicted molar refractivity (Wildman–Crippen MR) is 128 cm³/mol. The molecule has 1 atom stereocenters. The van der Waals surface area contributed by atoms with Crippen molar-refractivity contribution in [1.82, 2.24) is 9.80 Å². The van der Waals surface area contributed by atoms with E-state index in [0.717, 1.165) is 24.1 Å². The van der Waals surface area contributed by atoms with E-state index in [0.29, 0.717) is 40.1 Å². The van der Waals surface area contributed by atoms with Gasteiger partial charge in [0.2, 0.25) is 5.76 Å². The van der Waals surface area contributed by atoms with Crippen molar-refractivity contribution >= 4 is 16.9 Å². The monoisotopic (exact) mass is 450 g/mol. The zero-order valence-electron chi connectivity index (χ0n) is 20.0. The molecule has 4 rings (SSSR count). The molecule has 0 saturated carbocycles. The number of ether oxygens (including phenoxy) is 2. The van der Waals surface area contributed by atoms with E-state index in [1.54, 1.807) is 25.2 Å². The lowest BCUT2D eigenvalue weighted by atomic mass is 9.96. The van der Waals surface area contributed by atoms with Crippen molar-refractivity contribution in [3.05, 3.63) is 68.6 Å². The highest BCUT2D eigenvalue weighted by atomic mass is 16.5. The molecule has 0 aliphatic carbocycles. The Balaban J connectivity index is 1.96. The molecule has 33 heavy (non-hydrogen) atoms. The van der Waals surface area contributed by atoms with E-state index in [9.17, 15) is 9.59 Å². The van der Waals surface area contributed by atoms with Gasteiger partial charge in [-0.15, -0.1) is 0 Å². The summed E-state index contributed by atoms with van der Waals surface area (Å²) < 4.78 is 17.3. The summed E-state index contributed by atoms with van der Waals surface area (Å²) in [5.41, 5.74) is 3.30. The van der Waals surface area contributed by atoms with Crippen LogP contribution in [0, 0.1) is 13.8 Å². The normalized spacial score (nSPS) is 15.4. The number of methoxy groups -OCH3 is 2. The van der Waals surface area contributed by atoms with Crippen LogP contribution in [-0.2, 0) is 0 Å². The molecule has 1 unspecified atom stereocenters. The van der Waals surface area contributed by atoms with E-state index in [4.69, 9.17) is 13.9 Å².